The molecule has 7 nitrogen and oxygen atoms in total. The van der Waals surface area contributed by atoms with E-state index in [4.69, 9.17) is 9.84 Å². The molecule has 0 spiro atoms. The third-order valence-electron chi connectivity index (χ3n) is 3.35. The zero-order valence-corrected chi connectivity index (χ0v) is 10.5. The van der Waals surface area contributed by atoms with Crippen molar-refractivity contribution < 1.29 is 19.4 Å². The Morgan fingerprint density at radius 3 is 3.06 bits per heavy atom. The molecule has 0 saturated carbocycles. The van der Waals surface area contributed by atoms with Gasteiger partial charge in [-0.2, -0.15) is 0 Å². The van der Waals surface area contributed by atoms with E-state index in [2.05, 4.69) is 10.2 Å². The fraction of sp³-hybridized carbons (Fsp3) is 0.818. The number of carbonyl (C=O) groups excluding carboxylic acids is 1. The number of aliphatic carboxylic acids is 1. The SMILES string of the molecule is CN1CCOC(CN2CC(=O)NCC2C(=O)O)C1. The number of morpholine rings is 1. The summed E-state index contributed by atoms with van der Waals surface area (Å²) in [6.45, 7) is 3.08. The Labute approximate surface area is 106 Å². The van der Waals surface area contributed by atoms with Gasteiger partial charge in [0.2, 0.25) is 5.91 Å². The number of amides is 1. The maximum atomic E-state index is 11.4. The molecule has 7 heteroatoms. The lowest BCUT2D eigenvalue weighted by Gasteiger charge is -2.37. The Bertz CT molecular complexity index is 336. The second-order valence-corrected chi connectivity index (χ2v) is 4.84. The predicted molar refractivity (Wildman–Crippen MR) is 63.2 cm³/mol. The highest BCUT2D eigenvalue weighted by Crippen LogP contribution is 2.10. The summed E-state index contributed by atoms with van der Waals surface area (Å²) in [7, 11) is 2.01. The number of carbonyl (C=O) groups is 2. The van der Waals surface area contributed by atoms with E-state index >= 15 is 0 Å². The standard InChI is InChI=1S/C11H19N3O4/c1-13-2-3-18-8(5-13)6-14-7-10(15)12-4-9(14)11(16)17/h8-9H,2-7H2,1H3,(H,12,15)(H,16,17). The Balaban J connectivity index is 1.95. The lowest BCUT2D eigenvalue weighted by atomic mass is 10.1. The van der Waals surface area contributed by atoms with Crippen molar-refractivity contribution in [2.24, 2.45) is 0 Å². The first-order chi connectivity index (χ1) is 8.56. The summed E-state index contributed by atoms with van der Waals surface area (Å²) in [6.07, 6.45) is -0.0310. The normalized spacial score (nSPS) is 31.1. The quantitative estimate of drug-likeness (QED) is 0.621. The molecule has 102 valence electrons. The van der Waals surface area contributed by atoms with Crippen LogP contribution in [-0.4, -0.2) is 85.3 Å². The zero-order valence-electron chi connectivity index (χ0n) is 10.5. The van der Waals surface area contributed by atoms with Crippen molar-refractivity contribution in [3.05, 3.63) is 0 Å². The van der Waals surface area contributed by atoms with Crippen LogP contribution in [-0.2, 0) is 14.3 Å². The van der Waals surface area contributed by atoms with Crippen LogP contribution in [0.2, 0.25) is 0 Å². The molecule has 2 unspecified atom stereocenters. The second kappa shape index (κ2) is 5.64. The first-order valence-electron chi connectivity index (χ1n) is 6.10. The summed E-state index contributed by atoms with van der Waals surface area (Å²) in [5.74, 6) is -1.03. The highest BCUT2D eigenvalue weighted by atomic mass is 16.5. The van der Waals surface area contributed by atoms with Crippen LogP contribution < -0.4 is 5.32 Å². The fourth-order valence-electron chi connectivity index (χ4n) is 2.36. The summed E-state index contributed by atoms with van der Waals surface area (Å²) in [5.41, 5.74) is 0. The Morgan fingerprint density at radius 2 is 2.39 bits per heavy atom. The van der Waals surface area contributed by atoms with Crippen LogP contribution in [0.5, 0.6) is 0 Å². The van der Waals surface area contributed by atoms with Gasteiger partial charge in [-0.1, -0.05) is 0 Å². The van der Waals surface area contributed by atoms with Crippen LogP contribution in [0, 0.1) is 0 Å². The Morgan fingerprint density at radius 1 is 1.61 bits per heavy atom. The molecule has 2 aliphatic rings. The van der Waals surface area contributed by atoms with Crippen LogP contribution in [0.1, 0.15) is 0 Å². The minimum absolute atomic E-state index is 0.0310. The van der Waals surface area contributed by atoms with E-state index in [0.717, 1.165) is 13.1 Å². The molecule has 1 amide bonds. The molecule has 0 aromatic heterocycles. The second-order valence-electron chi connectivity index (χ2n) is 4.84. The Kier molecular flexibility index (Phi) is 4.15. The average molecular weight is 257 g/mol. The smallest absolute Gasteiger partial charge is 0.322 e. The molecule has 0 aromatic carbocycles. The van der Waals surface area contributed by atoms with Crippen molar-refractivity contribution in [2.75, 3.05) is 46.4 Å². The monoisotopic (exact) mass is 257 g/mol. The molecule has 2 N–H and O–H groups in total. The van der Waals surface area contributed by atoms with E-state index in [1.165, 1.54) is 0 Å². The molecule has 0 aromatic rings. The molecule has 2 saturated heterocycles. The molecule has 0 bridgehead atoms. The average Bonchev–Trinajstić information content (AvgIpc) is 2.28. The number of hydrogen-bond acceptors (Lipinski definition) is 5. The van der Waals surface area contributed by atoms with E-state index in [1.54, 1.807) is 4.90 Å². The first kappa shape index (κ1) is 13.3. The topological polar surface area (TPSA) is 82.1 Å². The molecule has 2 heterocycles. The minimum atomic E-state index is -0.904. The zero-order chi connectivity index (χ0) is 13.1. The van der Waals surface area contributed by atoms with Gasteiger partial charge in [0.1, 0.15) is 6.04 Å². The van der Waals surface area contributed by atoms with E-state index in [9.17, 15) is 9.59 Å². The van der Waals surface area contributed by atoms with Crippen LogP contribution >= 0.6 is 0 Å². The maximum Gasteiger partial charge on any atom is 0.322 e. The van der Waals surface area contributed by atoms with Gasteiger partial charge >= 0.3 is 5.97 Å². The molecule has 2 rings (SSSR count). The molecular weight excluding hydrogens is 238 g/mol. The lowest BCUT2D eigenvalue weighted by Crippen LogP contribution is -2.60. The first-order valence-corrected chi connectivity index (χ1v) is 6.10. The molecule has 18 heavy (non-hydrogen) atoms. The maximum absolute atomic E-state index is 11.4. The van der Waals surface area contributed by atoms with Crippen LogP contribution in [0.15, 0.2) is 0 Å². The van der Waals surface area contributed by atoms with Crippen molar-refractivity contribution in [1.29, 1.82) is 0 Å². The summed E-state index contributed by atoms with van der Waals surface area (Å²) >= 11 is 0. The number of nitrogens with one attached hydrogen (secondary N) is 1. The van der Waals surface area contributed by atoms with Gasteiger partial charge in [0, 0.05) is 26.2 Å². The number of carboxylic acid groups (broad SMARTS) is 1. The van der Waals surface area contributed by atoms with Crippen LogP contribution in [0.3, 0.4) is 0 Å². The molecule has 0 aliphatic carbocycles. The lowest BCUT2D eigenvalue weighted by molar-refractivity contribution is -0.147. The van der Waals surface area contributed by atoms with Gasteiger partial charge in [-0.15, -0.1) is 0 Å². The summed E-state index contributed by atoms with van der Waals surface area (Å²) in [5, 5.41) is 11.7. The third-order valence-corrected chi connectivity index (χ3v) is 3.35. The van der Waals surface area contributed by atoms with E-state index in [1.807, 2.05) is 7.05 Å². The molecule has 0 radical (unpaired) electrons. The van der Waals surface area contributed by atoms with E-state index < -0.39 is 12.0 Å². The van der Waals surface area contributed by atoms with Crippen LogP contribution in [0.25, 0.3) is 0 Å². The number of likely N-dealkylation sites (N-methyl/N-ethyl adjacent to an activating group) is 1. The van der Waals surface area contributed by atoms with Gasteiger partial charge < -0.3 is 20.1 Å². The highest BCUT2D eigenvalue weighted by molar-refractivity contribution is 5.83. The molecule has 2 fully saturated rings. The van der Waals surface area contributed by atoms with E-state index in [-0.39, 0.29) is 25.1 Å². The summed E-state index contributed by atoms with van der Waals surface area (Å²) < 4.78 is 5.61. The number of carboxylic acids is 1. The molecular formula is C11H19N3O4. The van der Waals surface area contributed by atoms with Gasteiger partial charge in [-0.05, 0) is 7.05 Å². The minimum Gasteiger partial charge on any atom is -0.480 e. The number of ether oxygens (including phenoxy) is 1. The number of piperazine rings is 1. The van der Waals surface area contributed by atoms with E-state index in [0.29, 0.717) is 13.2 Å². The summed E-state index contributed by atoms with van der Waals surface area (Å²) in [6, 6.07) is -0.654. The van der Waals surface area contributed by atoms with Crippen molar-refractivity contribution in [3.8, 4) is 0 Å². The molecule has 2 aliphatic heterocycles. The summed E-state index contributed by atoms with van der Waals surface area (Å²) in [4.78, 5) is 26.3. The van der Waals surface area contributed by atoms with Crippen molar-refractivity contribution in [2.45, 2.75) is 12.1 Å². The number of rotatable bonds is 3. The molecule has 2 atom stereocenters. The van der Waals surface area contributed by atoms with Crippen molar-refractivity contribution in [3.63, 3.8) is 0 Å². The van der Waals surface area contributed by atoms with Crippen molar-refractivity contribution >= 4 is 11.9 Å². The van der Waals surface area contributed by atoms with Gasteiger partial charge in [-0.25, -0.2) is 0 Å². The van der Waals surface area contributed by atoms with Gasteiger partial charge in [0.15, 0.2) is 0 Å². The predicted octanol–water partition coefficient (Wildman–Crippen LogP) is -1.80. The largest absolute Gasteiger partial charge is 0.480 e. The number of nitrogens with zero attached hydrogens (tertiary/aromatic N) is 2. The van der Waals surface area contributed by atoms with Gasteiger partial charge in [0.05, 0.1) is 19.3 Å². The highest BCUT2D eigenvalue weighted by Gasteiger charge is 2.34. The van der Waals surface area contributed by atoms with Crippen LogP contribution in [0.4, 0.5) is 0 Å². The number of hydrogen-bond donors (Lipinski definition) is 2. The van der Waals surface area contributed by atoms with Crippen molar-refractivity contribution in [1.82, 2.24) is 15.1 Å². The fourth-order valence-corrected chi connectivity index (χ4v) is 2.36. The third kappa shape index (κ3) is 3.18. The van der Waals surface area contributed by atoms with Gasteiger partial charge in [0.25, 0.3) is 0 Å². The Hall–Kier alpha value is -1.18. The van der Waals surface area contributed by atoms with Gasteiger partial charge in [-0.3, -0.25) is 14.5 Å².